The molecule has 1 aliphatic rings. The number of hydrogen-bond donors (Lipinski definition) is 2. The van der Waals surface area contributed by atoms with E-state index in [4.69, 9.17) is 0 Å². The average molecular weight is 403 g/mol. The number of para-hydroxylation sites is 1. The topological polar surface area (TPSA) is 72.9 Å². The Kier molecular flexibility index (Phi) is 5.68. The minimum absolute atomic E-state index is 0.00643. The van der Waals surface area contributed by atoms with Gasteiger partial charge in [-0.2, -0.15) is 0 Å². The Morgan fingerprint density at radius 2 is 1.57 bits per heavy atom. The molecular weight excluding hydrogens is 378 g/mol. The molecule has 30 heavy (non-hydrogen) atoms. The van der Waals surface area contributed by atoms with E-state index in [1.165, 1.54) is 6.07 Å². The number of hydrogen-bond acceptors (Lipinski definition) is 4. The van der Waals surface area contributed by atoms with Crippen molar-refractivity contribution in [3.63, 3.8) is 0 Å². The van der Waals surface area contributed by atoms with Gasteiger partial charge in [0.2, 0.25) is 5.91 Å². The highest BCUT2D eigenvalue weighted by Gasteiger charge is 2.28. The van der Waals surface area contributed by atoms with Gasteiger partial charge >= 0.3 is 0 Å². The van der Waals surface area contributed by atoms with Crippen molar-refractivity contribution in [1.82, 2.24) is 9.80 Å². The van der Waals surface area contributed by atoms with Crippen LogP contribution in [0.1, 0.15) is 17.3 Å². The molecule has 0 saturated carbocycles. The second-order valence-electron chi connectivity index (χ2n) is 7.57. The Morgan fingerprint density at radius 3 is 2.30 bits per heavy atom. The Bertz CT molecular complexity index is 1070. The van der Waals surface area contributed by atoms with Gasteiger partial charge in [-0.25, -0.2) is 0 Å². The smallest absolute Gasteiger partial charge is 0.257 e. The van der Waals surface area contributed by atoms with E-state index in [0.717, 1.165) is 16.5 Å². The lowest BCUT2D eigenvalue weighted by Crippen LogP contribution is -2.54. The van der Waals surface area contributed by atoms with E-state index >= 15 is 0 Å². The van der Waals surface area contributed by atoms with Gasteiger partial charge in [0.25, 0.3) is 5.91 Å². The van der Waals surface area contributed by atoms with Gasteiger partial charge in [-0.1, -0.05) is 42.5 Å². The second kappa shape index (κ2) is 8.55. The molecule has 1 heterocycles. The van der Waals surface area contributed by atoms with Gasteiger partial charge in [0.1, 0.15) is 5.75 Å². The van der Waals surface area contributed by atoms with E-state index < -0.39 is 0 Å². The number of nitrogens with one attached hydrogen (secondary N) is 1. The third-order valence-corrected chi connectivity index (χ3v) is 5.68. The summed E-state index contributed by atoms with van der Waals surface area (Å²) in [6.07, 6.45) is 0. The summed E-state index contributed by atoms with van der Waals surface area (Å²) in [5, 5.41) is 15.1. The van der Waals surface area contributed by atoms with Crippen molar-refractivity contribution in [2.24, 2.45) is 0 Å². The molecule has 4 rings (SSSR count). The van der Waals surface area contributed by atoms with Crippen LogP contribution in [0.3, 0.4) is 0 Å². The summed E-state index contributed by atoms with van der Waals surface area (Å²) in [7, 11) is 0. The molecule has 0 unspecified atom stereocenters. The number of carbonyl (C=O) groups is 2. The monoisotopic (exact) mass is 403 g/mol. The number of benzene rings is 3. The van der Waals surface area contributed by atoms with Crippen LogP contribution in [0.2, 0.25) is 0 Å². The predicted molar refractivity (Wildman–Crippen MR) is 118 cm³/mol. The van der Waals surface area contributed by atoms with Crippen molar-refractivity contribution >= 4 is 28.3 Å². The van der Waals surface area contributed by atoms with Crippen LogP contribution >= 0.6 is 0 Å². The van der Waals surface area contributed by atoms with E-state index in [1.807, 2.05) is 49.4 Å². The zero-order valence-electron chi connectivity index (χ0n) is 16.9. The fourth-order valence-electron chi connectivity index (χ4n) is 3.82. The molecule has 3 aromatic carbocycles. The number of anilines is 1. The number of fused-ring (bicyclic) bond motifs is 1. The molecule has 0 bridgehead atoms. The number of piperazine rings is 1. The summed E-state index contributed by atoms with van der Waals surface area (Å²) in [4.78, 5) is 29.2. The summed E-state index contributed by atoms with van der Waals surface area (Å²) in [5.41, 5.74) is 1.09. The maximum absolute atomic E-state index is 12.8. The molecule has 0 aliphatic carbocycles. The van der Waals surface area contributed by atoms with Crippen molar-refractivity contribution in [3.05, 3.63) is 72.3 Å². The molecule has 6 heteroatoms. The third kappa shape index (κ3) is 4.14. The lowest BCUT2D eigenvalue weighted by Gasteiger charge is -2.37. The van der Waals surface area contributed by atoms with Gasteiger partial charge in [0.05, 0.1) is 11.6 Å². The van der Waals surface area contributed by atoms with E-state index in [2.05, 4.69) is 10.2 Å². The molecule has 0 radical (unpaired) electrons. The average Bonchev–Trinajstić information content (AvgIpc) is 2.78. The zero-order valence-corrected chi connectivity index (χ0v) is 16.9. The molecule has 0 spiro atoms. The SMILES string of the molecule is C[C@@H](C(=O)Nc1ccc2ccccc2c1)N1CCN(C(=O)c2ccccc2O)CC1. The van der Waals surface area contributed by atoms with Crippen molar-refractivity contribution in [3.8, 4) is 5.75 Å². The number of carbonyl (C=O) groups excluding carboxylic acids is 2. The van der Waals surface area contributed by atoms with Crippen LogP contribution < -0.4 is 5.32 Å². The first-order chi connectivity index (χ1) is 14.5. The summed E-state index contributed by atoms with van der Waals surface area (Å²) in [6.45, 7) is 4.12. The first-order valence-electron chi connectivity index (χ1n) is 10.1. The molecule has 2 N–H and O–H groups in total. The summed E-state index contributed by atoms with van der Waals surface area (Å²) in [6, 6.07) is 20.2. The van der Waals surface area contributed by atoms with Crippen molar-refractivity contribution < 1.29 is 14.7 Å². The van der Waals surface area contributed by atoms with Crippen molar-refractivity contribution in [2.45, 2.75) is 13.0 Å². The largest absolute Gasteiger partial charge is 0.507 e. The molecule has 2 amide bonds. The minimum Gasteiger partial charge on any atom is -0.507 e. The van der Waals surface area contributed by atoms with Crippen molar-refractivity contribution in [1.29, 1.82) is 0 Å². The Balaban J connectivity index is 1.35. The molecule has 0 aromatic heterocycles. The van der Waals surface area contributed by atoms with Gasteiger partial charge in [0.15, 0.2) is 0 Å². The number of amides is 2. The number of phenolic OH excluding ortho intramolecular Hbond substituents is 1. The van der Waals surface area contributed by atoms with Crippen LogP contribution in [-0.2, 0) is 4.79 Å². The number of aromatic hydroxyl groups is 1. The molecule has 1 fully saturated rings. The van der Waals surface area contributed by atoms with E-state index in [-0.39, 0.29) is 23.6 Å². The highest BCUT2D eigenvalue weighted by Crippen LogP contribution is 2.21. The minimum atomic E-state index is -0.307. The first kappa shape index (κ1) is 19.9. The fraction of sp³-hybridized carbons (Fsp3) is 0.250. The molecule has 1 atom stereocenters. The summed E-state index contributed by atoms with van der Waals surface area (Å²) < 4.78 is 0. The van der Waals surface area contributed by atoms with Crippen LogP contribution in [-0.4, -0.2) is 58.9 Å². The van der Waals surface area contributed by atoms with Crippen LogP contribution in [0.25, 0.3) is 10.8 Å². The molecule has 154 valence electrons. The van der Waals surface area contributed by atoms with Crippen LogP contribution in [0.4, 0.5) is 5.69 Å². The van der Waals surface area contributed by atoms with Gasteiger partial charge in [0, 0.05) is 31.9 Å². The van der Waals surface area contributed by atoms with Crippen LogP contribution in [0.5, 0.6) is 5.75 Å². The second-order valence-corrected chi connectivity index (χ2v) is 7.57. The molecule has 6 nitrogen and oxygen atoms in total. The van der Waals surface area contributed by atoms with Crippen LogP contribution in [0.15, 0.2) is 66.7 Å². The highest BCUT2D eigenvalue weighted by molar-refractivity contribution is 5.98. The maximum Gasteiger partial charge on any atom is 0.257 e. The summed E-state index contributed by atoms with van der Waals surface area (Å²) in [5.74, 6) is -0.250. The standard InChI is InChI=1S/C24H25N3O3/c1-17(23(29)25-20-11-10-18-6-2-3-7-19(18)16-20)26-12-14-27(15-13-26)24(30)21-8-4-5-9-22(21)28/h2-11,16-17,28H,12-15H2,1H3,(H,25,29)/t17-/m0/s1. The Labute approximate surface area is 175 Å². The van der Waals surface area contributed by atoms with E-state index in [9.17, 15) is 14.7 Å². The number of phenols is 1. The predicted octanol–water partition coefficient (Wildman–Crippen LogP) is 3.33. The van der Waals surface area contributed by atoms with Gasteiger partial charge in [-0.05, 0) is 42.0 Å². The third-order valence-electron chi connectivity index (χ3n) is 5.68. The highest BCUT2D eigenvalue weighted by atomic mass is 16.3. The first-order valence-corrected chi connectivity index (χ1v) is 10.1. The maximum atomic E-state index is 12.8. The van der Waals surface area contributed by atoms with E-state index in [0.29, 0.717) is 31.7 Å². The quantitative estimate of drug-likeness (QED) is 0.701. The van der Waals surface area contributed by atoms with E-state index in [1.54, 1.807) is 23.1 Å². The summed E-state index contributed by atoms with van der Waals surface area (Å²) >= 11 is 0. The van der Waals surface area contributed by atoms with Gasteiger partial charge < -0.3 is 15.3 Å². The Hall–Kier alpha value is -3.38. The van der Waals surface area contributed by atoms with Crippen LogP contribution in [0, 0.1) is 0 Å². The molecule has 1 aliphatic heterocycles. The number of nitrogens with zero attached hydrogens (tertiary/aromatic N) is 2. The lowest BCUT2D eigenvalue weighted by atomic mass is 10.1. The molecular formula is C24H25N3O3. The lowest BCUT2D eigenvalue weighted by molar-refractivity contribution is -0.121. The fourth-order valence-corrected chi connectivity index (χ4v) is 3.82. The zero-order chi connectivity index (χ0) is 21.1. The van der Waals surface area contributed by atoms with Gasteiger partial charge in [-0.3, -0.25) is 14.5 Å². The van der Waals surface area contributed by atoms with Crippen molar-refractivity contribution in [2.75, 3.05) is 31.5 Å². The Morgan fingerprint density at radius 1 is 0.900 bits per heavy atom. The molecule has 3 aromatic rings. The van der Waals surface area contributed by atoms with Gasteiger partial charge in [-0.15, -0.1) is 0 Å². The molecule has 1 saturated heterocycles. The normalized spacial score (nSPS) is 15.7. The number of rotatable bonds is 4.